The van der Waals surface area contributed by atoms with E-state index in [0.717, 1.165) is 43.5 Å². The monoisotopic (exact) mass is 315 g/mol. The van der Waals surface area contributed by atoms with Gasteiger partial charge in [-0.1, -0.05) is 50.8 Å². The third kappa shape index (κ3) is 3.95. The zero-order valence-corrected chi connectivity index (χ0v) is 14.4. The predicted molar refractivity (Wildman–Crippen MR) is 92.7 cm³/mol. The highest BCUT2D eigenvalue weighted by molar-refractivity contribution is 5.92. The van der Waals surface area contributed by atoms with Gasteiger partial charge in [0.2, 0.25) is 0 Å². The summed E-state index contributed by atoms with van der Waals surface area (Å²) in [6.07, 6.45) is 9.51. The van der Waals surface area contributed by atoms with Crippen molar-refractivity contribution in [3.05, 3.63) is 35.4 Å². The van der Waals surface area contributed by atoms with Crippen LogP contribution >= 0.6 is 0 Å². The van der Waals surface area contributed by atoms with E-state index in [-0.39, 0.29) is 11.6 Å². The molecule has 0 aliphatic carbocycles. The first-order valence-electron chi connectivity index (χ1n) is 9.26. The van der Waals surface area contributed by atoms with Crippen molar-refractivity contribution in [3.8, 4) is 0 Å². The van der Waals surface area contributed by atoms with Crippen molar-refractivity contribution in [3.63, 3.8) is 0 Å². The molecule has 0 bridgehead atoms. The van der Waals surface area contributed by atoms with Crippen LogP contribution in [0.3, 0.4) is 0 Å². The molecule has 0 atom stereocenters. The number of rotatable bonds is 6. The largest absolute Gasteiger partial charge is 0.455 e. The minimum atomic E-state index is -0.246. The van der Waals surface area contributed by atoms with Gasteiger partial charge in [-0.05, 0) is 24.6 Å². The number of esters is 1. The topological polar surface area (TPSA) is 29.5 Å². The summed E-state index contributed by atoms with van der Waals surface area (Å²) in [5.74, 6) is -0.125. The van der Waals surface area contributed by atoms with Gasteiger partial charge in [-0.25, -0.2) is 4.79 Å². The Morgan fingerprint density at radius 2 is 1.83 bits per heavy atom. The number of nitrogens with zero attached hydrogens (tertiary/aromatic N) is 1. The number of hydrogen-bond donors (Lipinski definition) is 0. The summed E-state index contributed by atoms with van der Waals surface area (Å²) in [7, 11) is 0. The van der Waals surface area contributed by atoms with Crippen molar-refractivity contribution < 1.29 is 9.53 Å². The molecule has 2 aliphatic rings. The van der Waals surface area contributed by atoms with Crippen molar-refractivity contribution >= 4 is 5.97 Å². The number of carbonyl (C=O) groups excluding carboxylic acids is 1. The van der Waals surface area contributed by atoms with E-state index in [1.54, 1.807) is 0 Å². The van der Waals surface area contributed by atoms with Crippen LogP contribution in [0.4, 0.5) is 0 Å². The Morgan fingerprint density at radius 3 is 2.61 bits per heavy atom. The minimum absolute atomic E-state index is 0.125. The minimum Gasteiger partial charge on any atom is -0.455 e. The lowest BCUT2D eigenvalue weighted by atomic mass is 9.81. The van der Waals surface area contributed by atoms with E-state index < -0.39 is 0 Å². The molecule has 0 amide bonds. The SMILES string of the molecule is CCCCCCCN1CCC2(CC1)Cc1ccccc1C(=O)O2. The fourth-order valence-corrected chi connectivity index (χ4v) is 3.91. The van der Waals surface area contributed by atoms with E-state index in [0.29, 0.717) is 0 Å². The van der Waals surface area contributed by atoms with E-state index in [1.807, 2.05) is 18.2 Å². The molecule has 3 rings (SSSR count). The number of ether oxygens (including phenoxy) is 1. The maximum atomic E-state index is 12.3. The van der Waals surface area contributed by atoms with Crippen molar-refractivity contribution in [2.45, 2.75) is 63.9 Å². The second-order valence-corrected chi connectivity index (χ2v) is 7.16. The first-order chi connectivity index (χ1) is 11.2. The van der Waals surface area contributed by atoms with Crippen LogP contribution in [0.2, 0.25) is 0 Å². The maximum Gasteiger partial charge on any atom is 0.338 e. The molecule has 0 aromatic heterocycles. The third-order valence-corrected chi connectivity index (χ3v) is 5.40. The molecule has 2 aliphatic heterocycles. The van der Waals surface area contributed by atoms with Gasteiger partial charge in [-0.2, -0.15) is 0 Å². The molecule has 3 nitrogen and oxygen atoms in total. The third-order valence-electron chi connectivity index (χ3n) is 5.40. The first-order valence-corrected chi connectivity index (χ1v) is 9.26. The van der Waals surface area contributed by atoms with E-state index in [1.165, 1.54) is 38.6 Å². The number of unbranched alkanes of at least 4 members (excludes halogenated alkanes) is 4. The van der Waals surface area contributed by atoms with Gasteiger partial charge in [0.05, 0.1) is 5.56 Å². The average molecular weight is 315 g/mol. The highest BCUT2D eigenvalue weighted by atomic mass is 16.6. The fourth-order valence-electron chi connectivity index (χ4n) is 3.91. The molecule has 126 valence electrons. The second kappa shape index (κ2) is 7.48. The van der Waals surface area contributed by atoms with Gasteiger partial charge in [-0.15, -0.1) is 0 Å². The van der Waals surface area contributed by atoms with Gasteiger partial charge in [0.25, 0.3) is 0 Å². The van der Waals surface area contributed by atoms with E-state index in [2.05, 4.69) is 17.9 Å². The number of hydrogen-bond acceptors (Lipinski definition) is 3. The Hall–Kier alpha value is -1.35. The summed E-state index contributed by atoms with van der Waals surface area (Å²) in [6, 6.07) is 7.91. The van der Waals surface area contributed by atoms with Gasteiger partial charge < -0.3 is 9.64 Å². The fraction of sp³-hybridized carbons (Fsp3) is 0.650. The molecule has 1 spiro atoms. The molecule has 0 radical (unpaired) electrons. The molecule has 1 aromatic carbocycles. The van der Waals surface area contributed by atoms with Gasteiger partial charge in [-0.3, -0.25) is 0 Å². The lowest BCUT2D eigenvalue weighted by Gasteiger charge is -2.43. The molecule has 1 aromatic rings. The Balaban J connectivity index is 1.50. The molecule has 0 saturated carbocycles. The smallest absolute Gasteiger partial charge is 0.338 e. The number of fused-ring (bicyclic) bond motifs is 1. The van der Waals surface area contributed by atoms with Crippen molar-refractivity contribution in [1.29, 1.82) is 0 Å². The van der Waals surface area contributed by atoms with Crippen molar-refractivity contribution in [2.75, 3.05) is 19.6 Å². The van der Waals surface area contributed by atoms with E-state index in [9.17, 15) is 4.79 Å². The summed E-state index contributed by atoms with van der Waals surface area (Å²) < 4.78 is 5.88. The molecule has 0 N–H and O–H groups in total. The average Bonchev–Trinajstić information content (AvgIpc) is 2.56. The van der Waals surface area contributed by atoms with Crippen LogP contribution < -0.4 is 0 Å². The Morgan fingerprint density at radius 1 is 1.09 bits per heavy atom. The number of likely N-dealkylation sites (tertiary alicyclic amines) is 1. The summed E-state index contributed by atoms with van der Waals surface area (Å²) >= 11 is 0. The molecule has 2 heterocycles. The van der Waals surface area contributed by atoms with Crippen LogP contribution in [0, 0.1) is 0 Å². The lowest BCUT2D eigenvalue weighted by molar-refractivity contribution is -0.0566. The summed E-state index contributed by atoms with van der Waals surface area (Å²) in [5, 5.41) is 0. The van der Waals surface area contributed by atoms with Crippen LogP contribution in [0.5, 0.6) is 0 Å². The van der Waals surface area contributed by atoms with Gasteiger partial charge >= 0.3 is 5.97 Å². The van der Waals surface area contributed by atoms with Crippen LogP contribution in [-0.2, 0) is 11.2 Å². The maximum absolute atomic E-state index is 12.3. The number of carbonyl (C=O) groups is 1. The summed E-state index contributed by atoms with van der Waals surface area (Å²) in [4.78, 5) is 14.8. The normalized spacial score (nSPS) is 20.3. The first kappa shape index (κ1) is 16.5. The Bertz CT molecular complexity index is 532. The summed E-state index contributed by atoms with van der Waals surface area (Å²) in [6.45, 7) is 5.57. The van der Waals surface area contributed by atoms with Crippen molar-refractivity contribution in [1.82, 2.24) is 4.90 Å². The highest BCUT2D eigenvalue weighted by Crippen LogP contribution is 2.36. The second-order valence-electron chi connectivity index (χ2n) is 7.16. The Labute approximate surface area is 140 Å². The molecular formula is C20H29NO2. The van der Waals surface area contributed by atoms with Crippen LogP contribution in [0.25, 0.3) is 0 Å². The number of benzene rings is 1. The number of piperidine rings is 1. The van der Waals surface area contributed by atoms with Crippen LogP contribution in [0.1, 0.15) is 67.8 Å². The standard InChI is InChI=1S/C20H29NO2/c1-2-3-4-5-8-13-21-14-11-20(12-15-21)16-17-9-6-7-10-18(17)19(22)23-20/h6-7,9-10H,2-5,8,11-16H2,1H3. The quantitative estimate of drug-likeness (QED) is 0.582. The molecule has 0 unspecified atom stereocenters. The van der Waals surface area contributed by atoms with Crippen molar-refractivity contribution in [2.24, 2.45) is 0 Å². The molecule has 23 heavy (non-hydrogen) atoms. The Kier molecular flexibility index (Phi) is 5.37. The molecule has 1 fully saturated rings. The predicted octanol–water partition coefficient (Wildman–Crippen LogP) is 4.20. The van der Waals surface area contributed by atoms with Crippen LogP contribution in [0.15, 0.2) is 24.3 Å². The summed E-state index contributed by atoms with van der Waals surface area (Å²) in [5.41, 5.74) is 1.68. The molecule has 3 heteroatoms. The molecule has 1 saturated heterocycles. The lowest BCUT2D eigenvalue weighted by Crippen LogP contribution is -2.50. The molecular weight excluding hydrogens is 286 g/mol. The van der Waals surface area contributed by atoms with E-state index >= 15 is 0 Å². The van der Waals surface area contributed by atoms with Crippen LogP contribution in [-0.4, -0.2) is 36.1 Å². The van der Waals surface area contributed by atoms with Gasteiger partial charge in [0.15, 0.2) is 0 Å². The van der Waals surface area contributed by atoms with E-state index in [4.69, 9.17) is 4.74 Å². The zero-order valence-electron chi connectivity index (χ0n) is 14.4. The zero-order chi connectivity index (χ0) is 16.1. The highest BCUT2D eigenvalue weighted by Gasteiger charge is 2.42. The van der Waals surface area contributed by atoms with Gasteiger partial charge in [0.1, 0.15) is 5.60 Å². The van der Waals surface area contributed by atoms with Gasteiger partial charge in [0, 0.05) is 32.4 Å².